The first-order valence-electron chi connectivity index (χ1n) is 3.67. The lowest BCUT2D eigenvalue weighted by Gasteiger charge is -2.17. The molecule has 0 N–H and O–H groups in total. The standard InChI is InChI=1S/C9H11BrClN/c1-12(2)9(11)7-3-5-8(10)6-4-7/h3-6,9H,1-2H3. The van der Waals surface area contributed by atoms with Gasteiger partial charge in [-0.15, -0.1) is 11.6 Å². The van der Waals surface area contributed by atoms with Gasteiger partial charge >= 0.3 is 0 Å². The first kappa shape index (κ1) is 10.0. The molecule has 0 heterocycles. The number of rotatable bonds is 2. The number of halogens is 2. The predicted octanol–water partition coefficient (Wildman–Crippen LogP) is 3.25. The molecule has 0 aromatic heterocycles. The molecule has 0 saturated heterocycles. The van der Waals surface area contributed by atoms with Crippen LogP contribution in [0.25, 0.3) is 0 Å². The summed E-state index contributed by atoms with van der Waals surface area (Å²) in [4.78, 5) is 1.96. The highest BCUT2D eigenvalue weighted by molar-refractivity contribution is 9.10. The zero-order chi connectivity index (χ0) is 9.14. The van der Waals surface area contributed by atoms with Crippen LogP contribution < -0.4 is 0 Å². The highest BCUT2D eigenvalue weighted by atomic mass is 79.9. The Hall–Kier alpha value is -0.0500. The second-order valence-electron chi connectivity index (χ2n) is 2.85. The van der Waals surface area contributed by atoms with E-state index >= 15 is 0 Å². The number of nitrogens with zero attached hydrogens (tertiary/aromatic N) is 1. The minimum Gasteiger partial charge on any atom is -0.290 e. The molecule has 0 aliphatic carbocycles. The Balaban J connectivity index is 2.82. The van der Waals surface area contributed by atoms with Crippen LogP contribution in [0.1, 0.15) is 11.1 Å². The average Bonchev–Trinajstić information content (AvgIpc) is 2.04. The lowest BCUT2D eigenvalue weighted by molar-refractivity contribution is 0.384. The largest absolute Gasteiger partial charge is 0.290 e. The molecule has 3 heteroatoms. The van der Waals surface area contributed by atoms with Crippen molar-refractivity contribution in [3.63, 3.8) is 0 Å². The van der Waals surface area contributed by atoms with E-state index in [4.69, 9.17) is 11.6 Å². The number of benzene rings is 1. The molecule has 0 bridgehead atoms. The van der Waals surface area contributed by atoms with Crippen LogP contribution in [0.4, 0.5) is 0 Å². The quantitative estimate of drug-likeness (QED) is 0.574. The minimum absolute atomic E-state index is 0.0434. The third-order valence-corrected chi connectivity index (χ3v) is 2.77. The second-order valence-corrected chi connectivity index (χ2v) is 4.18. The van der Waals surface area contributed by atoms with Gasteiger partial charge in [0.15, 0.2) is 0 Å². The molecule has 1 unspecified atom stereocenters. The van der Waals surface area contributed by atoms with E-state index in [1.165, 1.54) is 0 Å². The zero-order valence-corrected chi connectivity index (χ0v) is 9.43. The fourth-order valence-corrected chi connectivity index (χ4v) is 1.33. The summed E-state index contributed by atoms with van der Waals surface area (Å²) in [6, 6.07) is 8.02. The van der Waals surface area contributed by atoms with Crippen LogP contribution in [-0.4, -0.2) is 19.0 Å². The van der Waals surface area contributed by atoms with Crippen LogP contribution in [0.15, 0.2) is 28.7 Å². The highest BCUT2D eigenvalue weighted by Gasteiger charge is 2.08. The van der Waals surface area contributed by atoms with Crippen LogP contribution in [0.2, 0.25) is 0 Å². The van der Waals surface area contributed by atoms with Crippen molar-refractivity contribution in [2.75, 3.05) is 14.1 Å². The van der Waals surface area contributed by atoms with Crippen molar-refractivity contribution in [2.45, 2.75) is 5.50 Å². The Morgan fingerprint density at radius 1 is 1.25 bits per heavy atom. The molecule has 0 radical (unpaired) electrons. The molecule has 0 spiro atoms. The van der Waals surface area contributed by atoms with Gasteiger partial charge in [0.05, 0.1) is 0 Å². The van der Waals surface area contributed by atoms with Gasteiger partial charge in [-0.3, -0.25) is 4.90 Å². The van der Waals surface area contributed by atoms with Gasteiger partial charge < -0.3 is 0 Å². The summed E-state index contributed by atoms with van der Waals surface area (Å²) in [5.41, 5.74) is 1.07. The maximum absolute atomic E-state index is 6.10. The molecule has 1 aromatic rings. The first-order valence-corrected chi connectivity index (χ1v) is 4.90. The van der Waals surface area contributed by atoms with E-state index in [1.54, 1.807) is 0 Å². The molecule has 1 atom stereocenters. The van der Waals surface area contributed by atoms with Crippen LogP contribution in [-0.2, 0) is 0 Å². The summed E-state index contributed by atoms with van der Waals surface area (Å²) in [7, 11) is 3.92. The van der Waals surface area contributed by atoms with Gasteiger partial charge in [-0.1, -0.05) is 28.1 Å². The maximum atomic E-state index is 6.10. The number of hydrogen-bond donors (Lipinski definition) is 0. The number of hydrogen-bond acceptors (Lipinski definition) is 1. The Morgan fingerprint density at radius 3 is 2.17 bits per heavy atom. The summed E-state index contributed by atoms with van der Waals surface area (Å²) in [6.45, 7) is 0. The fourth-order valence-electron chi connectivity index (χ4n) is 0.920. The minimum atomic E-state index is -0.0434. The molecule has 66 valence electrons. The van der Waals surface area contributed by atoms with Crippen molar-refractivity contribution in [1.82, 2.24) is 4.90 Å². The van der Waals surface area contributed by atoms with Crippen molar-refractivity contribution in [2.24, 2.45) is 0 Å². The summed E-state index contributed by atoms with van der Waals surface area (Å²) < 4.78 is 1.08. The summed E-state index contributed by atoms with van der Waals surface area (Å²) >= 11 is 9.48. The van der Waals surface area contributed by atoms with Gasteiger partial charge in [-0.05, 0) is 31.8 Å². The van der Waals surface area contributed by atoms with Gasteiger partial charge in [-0.25, -0.2) is 0 Å². The molecular formula is C9H11BrClN. The lowest BCUT2D eigenvalue weighted by atomic mass is 10.2. The predicted molar refractivity (Wildman–Crippen MR) is 56.4 cm³/mol. The van der Waals surface area contributed by atoms with Crippen LogP contribution in [0.3, 0.4) is 0 Å². The molecular weight excluding hydrogens is 237 g/mol. The van der Waals surface area contributed by atoms with Crippen molar-refractivity contribution < 1.29 is 0 Å². The maximum Gasteiger partial charge on any atom is 0.110 e. The molecule has 0 saturated carbocycles. The van der Waals surface area contributed by atoms with Gasteiger partial charge in [0.25, 0.3) is 0 Å². The topological polar surface area (TPSA) is 3.24 Å². The lowest BCUT2D eigenvalue weighted by Crippen LogP contribution is -2.14. The van der Waals surface area contributed by atoms with E-state index in [-0.39, 0.29) is 5.50 Å². The smallest absolute Gasteiger partial charge is 0.110 e. The van der Waals surface area contributed by atoms with Gasteiger partial charge in [0, 0.05) is 4.47 Å². The molecule has 0 amide bonds. The molecule has 1 rings (SSSR count). The summed E-state index contributed by atoms with van der Waals surface area (Å²) in [6.07, 6.45) is 0. The van der Waals surface area contributed by atoms with E-state index in [1.807, 2.05) is 43.3 Å². The van der Waals surface area contributed by atoms with E-state index in [0.717, 1.165) is 10.0 Å². The monoisotopic (exact) mass is 247 g/mol. The van der Waals surface area contributed by atoms with Crippen molar-refractivity contribution in [3.8, 4) is 0 Å². The van der Waals surface area contributed by atoms with E-state index in [2.05, 4.69) is 15.9 Å². The fraction of sp³-hybridized carbons (Fsp3) is 0.333. The van der Waals surface area contributed by atoms with Crippen molar-refractivity contribution in [3.05, 3.63) is 34.3 Å². The van der Waals surface area contributed by atoms with Gasteiger partial charge in [-0.2, -0.15) is 0 Å². The molecule has 1 aromatic carbocycles. The van der Waals surface area contributed by atoms with Gasteiger partial charge in [0.1, 0.15) is 5.50 Å². The number of alkyl halides is 1. The third-order valence-electron chi connectivity index (χ3n) is 1.60. The Morgan fingerprint density at radius 2 is 1.75 bits per heavy atom. The van der Waals surface area contributed by atoms with E-state index in [0.29, 0.717) is 0 Å². The highest BCUT2D eigenvalue weighted by Crippen LogP contribution is 2.23. The SMILES string of the molecule is CN(C)C(Cl)c1ccc(Br)cc1. The van der Waals surface area contributed by atoms with Crippen LogP contribution >= 0.6 is 27.5 Å². The average molecular weight is 249 g/mol. The first-order chi connectivity index (χ1) is 5.61. The molecule has 12 heavy (non-hydrogen) atoms. The van der Waals surface area contributed by atoms with Crippen molar-refractivity contribution >= 4 is 27.5 Å². The van der Waals surface area contributed by atoms with Crippen LogP contribution in [0.5, 0.6) is 0 Å². The molecule has 1 nitrogen and oxygen atoms in total. The van der Waals surface area contributed by atoms with E-state index in [9.17, 15) is 0 Å². The molecule has 0 aliphatic rings. The summed E-state index contributed by atoms with van der Waals surface area (Å²) in [5.74, 6) is 0. The van der Waals surface area contributed by atoms with Crippen molar-refractivity contribution in [1.29, 1.82) is 0 Å². The zero-order valence-electron chi connectivity index (χ0n) is 7.09. The second kappa shape index (κ2) is 4.26. The normalized spacial score (nSPS) is 13.4. The molecule has 0 aliphatic heterocycles. The third kappa shape index (κ3) is 2.47. The Labute approximate surface area is 86.5 Å². The Kier molecular flexibility index (Phi) is 3.56. The van der Waals surface area contributed by atoms with E-state index < -0.39 is 0 Å². The van der Waals surface area contributed by atoms with Crippen LogP contribution in [0, 0.1) is 0 Å². The van der Waals surface area contributed by atoms with Gasteiger partial charge in [0.2, 0.25) is 0 Å². The molecule has 0 fully saturated rings. The summed E-state index contributed by atoms with van der Waals surface area (Å²) in [5, 5.41) is 0. The Bertz CT molecular complexity index is 245.